The number of para-hydroxylation sites is 1. The zero-order chi connectivity index (χ0) is 26.4. The molecule has 4 rings (SSSR count). The van der Waals surface area contributed by atoms with Gasteiger partial charge in [0, 0.05) is 42.7 Å². The fourth-order valence-corrected chi connectivity index (χ4v) is 4.14. The van der Waals surface area contributed by atoms with E-state index in [-0.39, 0.29) is 17.7 Å². The Kier molecular flexibility index (Phi) is 7.96. The second-order valence-electron chi connectivity index (χ2n) is 8.42. The number of hydrogen-bond donors (Lipinski definition) is 0. The highest BCUT2D eigenvalue weighted by molar-refractivity contribution is 6.19. The Morgan fingerprint density at radius 1 is 1.05 bits per heavy atom. The van der Waals surface area contributed by atoms with Gasteiger partial charge in [0.2, 0.25) is 0 Å². The number of imide groups is 1. The predicted octanol–water partition coefficient (Wildman–Crippen LogP) is 4.57. The highest BCUT2D eigenvalue weighted by atomic mass is 16.5. The molecule has 8 heteroatoms. The van der Waals surface area contributed by atoms with Gasteiger partial charge in [-0.2, -0.15) is 10.4 Å². The minimum Gasteiger partial charge on any atom is -0.497 e. The van der Waals surface area contributed by atoms with Crippen LogP contribution in [0.15, 0.2) is 77.5 Å². The average Bonchev–Trinajstić information content (AvgIpc) is 3.35. The molecule has 0 unspecified atom stereocenters. The van der Waals surface area contributed by atoms with Crippen molar-refractivity contribution in [3.8, 4) is 28.8 Å². The van der Waals surface area contributed by atoms with E-state index in [1.54, 1.807) is 24.8 Å². The summed E-state index contributed by atoms with van der Waals surface area (Å²) in [5.74, 6) is -0.299. The van der Waals surface area contributed by atoms with Gasteiger partial charge in [-0.15, -0.1) is 0 Å². The smallest absolute Gasteiger partial charge is 0.271 e. The van der Waals surface area contributed by atoms with E-state index in [0.717, 1.165) is 16.2 Å². The lowest BCUT2D eigenvalue weighted by molar-refractivity contribution is -0.140. The molecule has 1 aliphatic heterocycles. The van der Waals surface area contributed by atoms with E-state index in [0.29, 0.717) is 42.2 Å². The number of ether oxygens (including phenoxy) is 2. The summed E-state index contributed by atoms with van der Waals surface area (Å²) in [5, 5.41) is 14.5. The van der Waals surface area contributed by atoms with Crippen molar-refractivity contribution < 1.29 is 19.1 Å². The van der Waals surface area contributed by atoms with Gasteiger partial charge in [-0.1, -0.05) is 18.2 Å². The molecule has 0 bridgehead atoms. The monoisotopic (exact) mass is 496 g/mol. The highest BCUT2D eigenvalue weighted by Crippen LogP contribution is 2.31. The van der Waals surface area contributed by atoms with Crippen molar-refractivity contribution in [2.45, 2.75) is 20.3 Å². The van der Waals surface area contributed by atoms with Crippen LogP contribution in [0.4, 0.5) is 0 Å². The molecule has 188 valence electrons. The Morgan fingerprint density at radius 3 is 2.43 bits per heavy atom. The molecule has 0 radical (unpaired) electrons. The lowest BCUT2D eigenvalue weighted by Gasteiger charge is -2.27. The number of hydrogen-bond acceptors (Lipinski definition) is 6. The summed E-state index contributed by atoms with van der Waals surface area (Å²) >= 11 is 0. The SMILES string of the molecule is CCOCCCN1C(=O)C(C#N)=C(C)/C(=C\c2cn(-c3ccccc3)nc2-c2ccc(OC)cc2)C1=O. The van der Waals surface area contributed by atoms with Gasteiger partial charge in [-0.05, 0) is 68.3 Å². The van der Waals surface area contributed by atoms with Crippen molar-refractivity contribution in [3.05, 3.63) is 83.1 Å². The van der Waals surface area contributed by atoms with Crippen LogP contribution >= 0.6 is 0 Å². The predicted molar refractivity (Wildman–Crippen MR) is 140 cm³/mol. The molecule has 0 fully saturated rings. The molecule has 0 atom stereocenters. The van der Waals surface area contributed by atoms with Crippen LogP contribution in [0.2, 0.25) is 0 Å². The largest absolute Gasteiger partial charge is 0.497 e. The maximum absolute atomic E-state index is 13.5. The normalized spacial score (nSPS) is 14.9. The number of nitriles is 1. The van der Waals surface area contributed by atoms with Gasteiger partial charge in [0.15, 0.2) is 0 Å². The van der Waals surface area contributed by atoms with E-state index in [1.165, 1.54) is 0 Å². The summed E-state index contributed by atoms with van der Waals surface area (Å²) in [7, 11) is 1.60. The Hall–Kier alpha value is -4.48. The number of amides is 2. The summed E-state index contributed by atoms with van der Waals surface area (Å²) in [5.41, 5.74) is 3.62. The van der Waals surface area contributed by atoms with Crippen molar-refractivity contribution in [3.63, 3.8) is 0 Å². The van der Waals surface area contributed by atoms with Crippen molar-refractivity contribution in [2.24, 2.45) is 0 Å². The molecule has 0 saturated carbocycles. The maximum Gasteiger partial charge on any atom is 0.271 e. The zero-order valence-corrected chi connectivity index (χ0v) is 21.1. The zero-order valence-electron chi connectivity index (χ0n) is 21.1. The van der Waals surface area contributed by atoms with Gasteiger partial charge in [-0.25, -0.2) is 4.68 Å². The number of nitrogens with zero attached hydrogens (tertiary/aromatic N) is 4. The van der Waals surface area contributed by atoms with Crippen molar-refractivity contribution >= 4 is 17.9 Å². The molecule has 2 amide bonds. The van der Waals surface area contributed by atoms with E-state index in [1.807, 2.05) is 73.8 Å². The molecule has 37 heavy (non-hydrogen) atoms. The Bertz CT molecular complexity index is 1400. The summed E-state index contributed by atoms with van der Waals surface area (Å²) in [4.78, 5) is 27.5. The average molecular weight is 497 g/mol. The van der Waals surface area contributed by atoms with Crippen LogP contribution < -0.4 is 4.74 Å². The lowest BCUT2D eigenvalue weighted by Crippen LogP contribution is -2.43. The Balaban J connectivity index is 1.82. The van der Waals surface area contributed by atoms with E-state index >= 15 is 0 Å². The third kappa shape index (κ3) is 5.37. The lowest BCUT2D eigenvalue weighted by atomic mass is 9.93. The fourth-order valence-electron chi connectivity index (χ4n) is 4.14. The number of rotatable bonds is 9. The molecule has 8 nitrogen and oxygen atoms in total. The van der Waals surface area contributed by atoms with E-state index in [4.69, 9.17) is 14.6 Å². The molecule has 1 aromatic heterocycles. The van der Waals surface area contributed by atoms with Gasteiger partial charge in [0.1, 0.15) is 17.4 Å². The summed E-state index contributed by atoms with van der Waals surface area (Å²) < 4.78 is 12.4. The van der Waals surface area contributed by atoms with Crippen molar-refractivity contribution in [1.82, 2.24) is 14.7 Å². The molecule has 0 saturated heterocycles. The van der Waals surface area contributed by atoms with Crippen LogP contribution in [0.1, 0.15) is 25.8 Å². The van der Waals surface area contributed by atoms with Crippen LogP contribution in [0, 0.1) is 11.3 Å². The third-order valence-electron chi connectivity index (χ3n) is 6.13. The number of benzene rings is 2. The van der Waals surface area contributed by atoms with Crippen LogP contribution in [-0.4, -0.2) is 53.4 Å². The topological polar surface area (TPSA) is 97.5 Å². The second kappa shape index (κ2) is 11.5. The first kappa shape index (κ1) is 25.6. The maximum atomic E-state index is 13.5. The highest BCUT2D eigenvalue weighted by Gasteiger charge is 2.35. The molecular formula is C29H28N4O4. The van der Waals surface area contributed by atoms with E-state index in [2.05, 4.69) is 0 Å². The Morgan fingerprint density at radius 2 is 1.78 bits per heavy atom. The van der Waals surface area contributed by atoms with Gasteiger partial charge in [-0.3, -0.25) is 14.5 Å². The van der Waals surface area contributed by atoms with Crippen molar-refractivity contribution in [2.75, 3.05) is 26.9 Å². The first-order valence-electron chi connectivity index (χ1n) is 12.0. The first-order chi connectivity index (χ1) is 18.0. The molecular weight excluding hydrogens is 468 g/mol. The van der Waals surface area contributed by atoms with Crippen LogP contribution in [-0.2, 0) is 14.3 Å². The van der Waals surface area contributed by atoms with Crippen molar-refractivity contribution in [1.29, 1.82) is 5.26 Å². The quantitative estimate of drug-likeness (QED) is 0.245. The van der Waals surface area contributed by atoms with Crippen LogP contribution in [0.25, 0.3) is 23.0 Å². The molecule has 0 N–H and O–H groups in total. The standard InChI is InChI=1S/C29H28N4O4/c1-4-37-16-8-15-32-28(34)25(20(2)26(18-30)29(32)35)17-22-19-33(23-9-6-5-7-10-23)31-27(22)21-11-13-24(36-3)14-12-21/h5-7,9-14,17,19H,4,8,15-16H2,1-3H3/b25-17+. The van der Waals surface area contributed by atoms with E-state index < -0.39 is 11.8 Å². The Labute approximate surface area is 216 Å². The van der Waals surface area contributed by atoms with Gasteiger partial charge in [0.05, 0.1) is 18.5 Å². The number of aromatic nitrogens is 2. The molecule has 0 spiro atoms. The second-order valence-corrected chi connectivity index (χ2v) is 8.42. The van der Waals surface area contributed by atoms with Gasteiger partial charge >= 0.3 is 0 Å². The summed E-state index contributed by atoms with van der Waals surface area (Å²) in [6.45, 7) is 4.65. The minimum atomic E-state index is -0.575. The van der Waals surface area contributed by atoms with Crippen LogP contribution in [0.5, 0.6) is 5.75 Å². The molecule has 2 aromatic carbocycles. The summed E-state index contributed by atoms with van der Waals surface area (Å²) in [6, 6.07) is 19.1. The molecule has 1 aliphatic rings. The van der Waals surface area contributed by atoms with E-state index in [9.17, 15) is 14.9 Å². The first-order valence-corrected chi connectivity index (χ1v) is 12.0. The number of carbonyl (C=O) groups excluding carboxylic acids is 2. The van der Waals surface area contributed by atoms with Gasteiger partial charge in [0.25, 0.3) is 11.8 Å². The third-order valence-corrected chi connectivity index (χ3v) is 6.13. The molecule has 2 heterocycles. The number of carbonyl (C=O) groups is 2. The minimum absolute atomic E-state index is 0.0382. The molecule has 3 aromatic rings. The van der Waals surface area contributed by atoms with Gasteiger partial charge < -0.3 is 9.47 Å². The van der Waals surface area contributed by atoms with Crippen LogP contribution in [0.3, 0.4) is 0 Å². The fraction of sp³-hybridized carbons (Fsp3) is 0.241. The molecule has 0 aliphatic carbocycles. The number of methoxy groups -OCH3 is 1. The summed E-state index contributed by atoms with van der Waals surface area (Å²) in [6.07, 6.45) is 4.03.